The first-order valence-corrected chi connectivity index (χ1v) is 11.4. The fourth-order valence-corrected chi connectivity index (χ4v) is 4.01. The molecule has 0 fully saturated rings. The van der Waals surface area contributed by atoms with Crippen molar-refractivity contribution < 1.29 is 19.8 Å². The molecular weight excluding hydrogens is 383 g/mol. The van der Waals surface area contributed by atoms with Crippen LogP contribution in [0.3, 0.4) is 0 Å². The Morgan fingerprint density at radius 3 is 1.97 bits per heavy atom. The molecule has 158 valence electrons. The predicted octanol–water partition coefficient (Wildman–Crippen LogP) is 5.30. The number of hydrogen-bond acceptors (Lipinski definition) is 3. The van der Waals surface area contributed by atoms with Gasteiger partial charge >= 0.3 is 5.97 Å². The lowest BCUT2D eigenvalue weighted by Crippen LogP contribution is -2.10. The number of aldehydes is 1. The van der Waals surface area contributed by atoms with Gasteiger partial charge in [-0.3, -0.25) is 9.59 Å². The molecule has 0 spiro atoms. The van der Waals surface area contributed by atoms with E-state index in [2.05, 4.69) is 6.66 Å². The Kier molecular flexibility index (Phi) is 9.19. The minimum Gasteiger partial charge on any atom is -0.481 e. The fourth-order valence-electron chi connectivity index (χ4n) is 3.20. The second kappa shape index (κ2) is 10.7. The Morgan fingerprint density at radius 2 is 1.55 bits per heavy atom. The van der Waals surface area contributed by atoms with Crippen molar-refractivity contribution in [3.05, 3.63) is 57.6 Å². The number of carboxylic acid groups (broad SMARTS) is 1. The van der Waals surface area contributed by atoms with E-state index < -0.39 is 11.6 Å². The monoisotopic (exact) mass is 416 g/mol. The number of hydrogen-bond donors (Lipinski definition) is 2. The van der Waals surface area contributed by atoms with E-state index in [1.807, 2.05) is 45.0 Å². The zero-order valence-electron chi connectivity index (χ0n) is 18.5. The molecule has 2 aromatic carbocycles. The number of aryl methyl sites for hydroxylation is 1. The number of carbonyl (C=O) groups excluding carboxylic acids is 1. The second-order valence-electron chi connectivity index (χ2n) is 8.25. The minimum absolute atomic E-state index is 0.0780. The Balaban J connectivity index is 0.000000749. The number of rotatable bonds is 6. The van der Waals surface area contributed by atoms with Gasteiger partial charge in [0.1, 0.15) is 0 Å². The number of aliphatic hydroxyl groups is 1. The molecule has 0 amide bonds. The topological polar surface area (TPSA) is 74.6 Å². The van der Waals surface area contributed by atoms with Crippen LogP contribution in [0.2, 0.25) is 0 Å². The number of aliphatic carboxylic acids is 1. The number of benzene rings is 2. The maximum Gasteiger partial charge on any atom is 0.307 e. The summed E-state index contributed by atoms with van der Waals surface area (Å²) in [5.41, 5.74) is 6.91. The van der Waals surface area contributed by atoms with E-state index >= 15 is 0 Å². The van der Waals surface area contributed by atoms with Crippen molar-refractivity contribution in [2.24, 2.45) is 0 Å². The summed E-state index contributed by atoms with van der Waals surface area (Å²) in [6.07, 6.45) is 1.64. The van der Waals surface area contributed by atoms with Gasteiger partial charge in [-0.2, -0.15) is 0 Å². The third-order valence-electron chi connectivity index (χ3n) is 4.45. The van der Waals surface area contributed by atoms with Crippen LogP contribution in [-0.2, 0) is 17.4 Å². The standard InChI is InChI=1S/C20H23O3P.C4H10O/c1-12-5-7-15(8-6-12)20-14(3)18(11-24-4)17(10-21)13(2)16(20)9-19(22)23;1-4(2,3)5/h5-8,10,24H,9,11H2,1-4H3,(H,22,23);5H,1-3H3. The van der Waals surface area contributed by atoms with Crippen LogP contribution in [0.5, 0.6) is 0 Å². The minimum atomic E-state index is -0.882. The van der Waals surface area contributed by atoms with Gasteiger partial charge in [-0.15, -0.1) is 8.58 Å². The molecule has 1 unspecified atom stereocenters. The zero-order valence-corrected chi connectivity index (χ0v) is 19.5. The van der Waals surface area contributed by atoms with Gasteiger partial charge in [-0.1, -0.05) is 29.8 Å². The molecule has 4 nitrogen and oxygen atoms in total. The van der Waals surface area contributed by atoms with Gasteiger partial charge < -0.3 is 10.2 Å². The van der Waals surface area contributed by atoms with E-state index in [0.29, 0.717) is 14.1 Å². The number of carbonyl (C=O) groups is 2. The molecule has 5 heteroatoms. The van der Waals surface area contributed by atoms with Gasteiger partial charge in [0.05, 0.1) is 12.0 Å². The molecule has 0 aromatic heterocycles. The molecule has 0 aliphatic carbocycles. The van der Waals surface area contributed by atoms with E-state index in [0.717, 1.165) is 51.4 Å². The Hall–Kier alpha value is -2.03. The van der Waals surface area contributed by atoms with Crippen molar-refractivity contribution in [2.45, 2.75) is 59.7 Å². The summed E-state index contributed by atoms with van der Waals surface area (Å²) in [5.74, 6) is -0.882. The number of carboxylic acids is 1. The van der Waals surface area contributed by atoms with Crippen LogP contribution in [0.15, 0.2) is 24.3 Å². The normalized spacial score (nSPS) is 11.3. The van der Waals surface area contributed by atoms with E-state index in [1.165, 1.54) is 0 Å². The van der Waals surface area contributed by atoms with Crippen molar-refractivity contribution in [1.82, 2.24) is 0 Å². The van der Waals surface area contributed by atoms with Crippen molar-refractivity contribution in [3.63, 3.8) is 0 Å². The average Bonchev–Trinajstić information content (AvgIpc) is 2.59. The summed E-state index contributed by atoms with van der Waals surface area (Å²) >= 11 is 0. The molecule has 0 radical (unpaired) electrons. The zero-order chi connectivity index (χ0) is 22.4. The van der Waals surface area contributed by atoms with E-state index in [-0.39, 0.29) is 6.42 Å². The smallest absolute Gasteiger partial charge is 0.307 e. The average molecular weight is 416 g/mol. The first-order valence-electron chi connectivity index (χ1n) is 9.66. The molecular formula is C24H33O4P. The first-order chi connectivity index (χ1) is 13.4. The van der Waals surface area contributed by atoms with Gasteiger partial charge in [0, 0.05) is 5.56 Å². The lowest BCUT2D eigenvalue weighted by Gasteiger charge is -2.21. The summed E-state index contributed by atoms with van der Waals surface area (Å²) < 4.78 is 0. The highest BCUT2D eigenvalue weighted by Gasteiger charge is 2.21. The van der Waals surface area contributed by atoms with Crippen LogP contribution in [0.25, 0.3) is 11.1 Å². The van der Waals surface area contributed by atoms with Crippen LogP contribution in [0, 0.1) is 20.8 Å². The lowest BCUT2D eigenvalue weighted by molar-refractivity contribution is -0.136. The van der Waals surface area contributed by atoms with E-state index in [1.54, 1.807) is 20.8 Å². The summed E-state index contributed by atoms with van der Waals surface area (Å²) in [5, 5.41) is 17.9. The summed E-state index contributed by atoms with van der Waals surface area (Å²) in [6, 6.07) is 8.12. The molecule has 0 aliphatic heterocycles. The first kappa shape index (κ1) is 25.0. The van der Waals surface area contributed by atoms with Crippen LogP contribution in [-0.4, -0.2) is 34.7 Å². The van der Waals surface area contributed by atoms with E-state index in [9.17, 15) is 14.7 Å². The third kappa shape index (κ3) is 7.38. The van der Waals surface area contributed by atoms with E-state index in [4.69, 9.17) is 5.11 Å². The Morgan fingerprint density at radius 1 is 1.03 bits per heavy atom. The molecule has 0 bridgehead atoms. The van der Waals surface area contributed by atoms with Gasteiger partial charge in [0.2, 0.25) is 0 Å². The van der Waals surface area contributed by atoms with Gasteiger partial charge in [-0.25, -0.2) is 0 Å². The summed E-state index contributed by atoms with van der Waals surface area (Å²) in [4.78, 5) is 23.1. The highest BCUT2D eigenvalue weighted by atomic mass is 31.1. The lowest BCUT2D eigenvalue weighted by atomic mass is 9.84. The second-order valence-corrected chi connectivity index (χ2v) is 9.31. The largest absolute Gasteiger partial charge is 0.481 e. The highest BCUT2D eigenvalue weighted by Crippen LogP contribution is 2.37. The molecule has 2 aromatic rings. The van der Waals surface area contributed by atoms with Gasteiger partial charge in [-0.05, 0) is 87.7 Å². The SMILES string of the molecule is CC(C)(C)O.CPCc1c(C)c(-c2ccc(C)cc2)c(CC(=O)O)c(C)c1C=O. The fraction of sp³-hybridized carbons (Fsp3) is 0.417. The highest BCUT2D eigenvalue weighted by molar-refractivity contribution is 7.36. The summed E-state index contributed by atoms with van der Waals surface area (Å²) in [7, 11) is 0.697. The maximum atomic E-state index is 11.7. The Labute approximate surface area is 176 Å². The quantitative estimate of drug-likeness (QED) is 0.495. The van der Waals surface area contributed by atoms with Crippen molar-refractivity contribution in [2.75, 3.05) is 6.66 Å². The Bertz CT molecular complexity index is 856. The van der Waals surface area contributed by atoms with Gasteiger partial charge in [0.25, 0.3) is 0 Å². The van der Waals surface area contributed by atoms with Crippen LogP contribution >= 0.6 is 8.58 Å². The molecule has 0 aliphatic rings. The van der Waals surface area contributed by atoms with Crippen LogP contribution in [0.1, 0.15) is 58.9 Å². The molecule has 0 saturated carbocycles. The van der Waals surface area contributed by atoms with Crippen molar-refractivity contribution in [1.29, 1.82) is 0 Å². The predicted molar refractivity (Wildman–Crippen MR) is 123 cm³/mol. The molecule has 0 saturated heterocycles. The molecule has 1 atom stereocenters. The molecule has 2 N–H and O–H groups in total. The summed E-state index contributed by atoms with van der Waals surface area (Å²) in [6.45, 7) is 13.2. The van der Waals surface area contributed by atoms with Crippen LogP contribution < -0.4 is 0 Å². The molecule has 0 heterocycles. The molecule has 29 heavy (non-hydrogen) atoms. The third-order valence-corrected chi connectivity index (χ3v) is 5.16. The van der Waals surface area contributed by atoms with Crippen molar-refractivity contribution in [3.8, 4) is 11.1 Å². The van der Waals surface area contributed by atoms with Gasteiger partial charge in [0.15, 0.2) is 6.29 Å². The van der Waals surface area contributed by atoms with Crippen molar-refractivity contribution >= 4 is 20.8 Å². The van der Waals surface area contributed by atoms with Crippen LogP contribution in [0.4, 0.5) is 0 Å². The maximum absolute atomic E-state index is 11.7. The molecule has 2 rings (SSSR count).